The fourth-order valence-corrected chi connectivity index (χ4v) is 5.39. The second kappa shape index (κ2) is 17.4. The quantitative estimate of drug-likeness (QED) is 0.0603. The van der Waals surface area contributed by atoms with E-state index in [1.807, 2.05) is 0 Å². The van der Waals surface area contributed by atoms with Gasteiger partial charge in [0.2, 0.25) is 0 Å². The van der Waals surface area contributed by atoms with Crippen molar-refractivity contribution in [3.05, 3.63) is 23.1 Å². The van der Waals surface area contributed by atoms with Gasteiger partial charge in [-0.05, 0) is 31.2 Å². The number of ether oxygens (including phenoxy) is 3. The Morgan fingerprint density at radius 3 is 2.81 bits per heavy atom. The summed E-state index contributed by atoms with van der Waals surface area (Å²) in [6, 6.07) is 0. The van der Waals surface area contributed by atoms with Gasteiger partial charge in [-0.3, -0.25) is 18.4 Å². The first-order chi connectivity index (χ1) is 20.2. The highest BCUT2D eigenvalue weighted by Crippen LogP contribution is 2.48. The van der Waals surface area contributed by atoms with Gasteiger partial charge in [0.15, 0.2) is 11.5 Å². The summed E-state index contributed by atoms with van der Waals surface area (Å²) < 4.78 is 41.3. The van der Waals surface area contributed by atoms with Crippen LogP contribution in [0.25, 0.3) is 21.6 Å². The molecule has 0 aromatic carbocycles. The summed E-state index contributed by atoms with van der Waals surface area (Å²) in [7, 11) is -3.11. The minimum Gasteiger partial charge on any atom is -0.388 e. The van der Waals surface area contributed by atoms with Gasteiger partial charge >= 0.3 is 7.82 Å². The number of anilines is 1. The van der Waals surface area contributed by atoms with Crippen molar-refractivity contribution >= 4 is 30.6 Å². The third-order valence-corrected chi connectivity index (χ3v) is 7.50. The van der Waals surface area contributed by atoms with Gasteiger partial charge in [0.1, 0.15) is 42.2 Å². The average Bonchev–Trinajstić information content (AvgIpc) is 3.56. The van der Waals surface area contributed by atoms with E-state index in [0.717, 1.165) is 19.3 Å². The third kappa shape index (κ3) is 10.8. The molecule has 0 radical (unpaired) electrons. The molecule has 5 atom stereocenters. The SMILES string of the molecule is COC[C@H]1O[C@@H](n2cnc3c(N)ncnc32)C[C@H]1OP(=O)(O)OCC(O)COCCCCC(=O)CCCCCN=[N+]=[N-]. The van der Waals surface area contributed by atoms with Gasteiger partial charge in [0.05, 0.1) is 26.1 Å². The number of nitrogen functional groups attached to an aromatic ring is 1. The number of hydrogen-bond donors (Lipinski definition) is 3. The smallest absolute Gasteiger partial charge is 0.388 e. The first kappa shape index (κ1) is 33.8. The number of azide groups is 1. The highest BCUT2D eigenvalue weighted by atomic mass is 31.2. The average molecular weight is 615 g/mol. The largest absolute Gasteiger partial charge is 0.472 e. The third-order valence-electron chi connectivity index (χ3n) is 6.49. The Hall–Kier alpha value is -2.72. The molecule has 1 saturated heterocycles. The molecule has 1 aliphatic heterocycles. The van der Waals surface area contributed by atoms with Crippen molar-refractivity contribution in [1.29, 1.82) is 0 Å². The van der Waals surface area contributed by atoms with E-state index in [0.29, 0.717) is 50.0 Å². The topological polar surface area (TPSA) is 239 Å². The Kier molecular flexibility index (Phi) is 14.0. The molecular weight excluding hydrogens is 575 g/mol. The van der Waals surface area contributed by atoms with Crippen molar-refractivity contribution in [2.24, 2.45) is 5.11 Å². The predicted octanol–water partition coefficient (Wildman–Crippen LogP) is 2.83. The minimum absolute atomic E-state index is 0.0891. The number of unbranched alkanes of at least 4 members (excludes halogenated alkanes) is 3. The lowest BCUT2D eigenvalue weighted by Gasteiger charge is -2.21. The van der Waals surface area contributed by atoms with E-state index in [1.165, 1.54) is 19.8 Å². The number of nitrogens with two attached hydrogens (primary N) is 1. The molecule has 3 heterocycles. The summed E-state index contributed by atoms with van der Waals surface area (Å²) in [5, 5.41) is 13.6. The number of carbonyl (C=O) groups excluding carboxylic acids is 1. The van der Waals surface area contributed by atoms with Gasteiger partial charge in [-0.15, -0.1) is 0 Å². The second-order valence-corrected chi connectivity index (χ2v) is 11.2. The molecule has 18 heteroatoms. The van der Waals surface area contributed by atoms with Crippen LogP contribution < -0.4 is 5.73 Å². The number of imidazole rings is 1. The van der Waals surface area contributed by atoms with Crippen molar-refractivity contribution in [3.63, 3.8) is 0 Å². The van der Waals surface area contributed by atoms with Gasteiger partial charge in [0.25, 0.3) is 0 Å². The number of phosphoric acid groups is 1. The van der Waals surface area contributed by atoms with Crippen LogP contribution in [0, 0.1) is 0 Å². The lowest BCUT2D eigenvalue weighted by molar-refractivity contribution is -0.119. The summed E-state index contributed by atoms with van der Waals surface area (Å²) in [5.41, 5.74) is 14.9. The van der Waals surface area contributed by atoms with Crippen molar-refractivity contribution in [3.8, 4) is 0 Å². The van der Waals surface area contributed by atoms with Crippen LogP contribution in [0.4, 0.5) is 5.82 Å². The van der Waals surface area contributed by atoms with Crippen LogP contribution in [0.2, 0.25) is 0 Å². The van der Waals surface area contributed by atoms with E-state index in [1.54, 1.807) is 4.57 Å². The number of fused-ring (bicyclic) bond motifs is 1. The normalized spacial score (nSPS) is 20.8. The van der Waals surface area contributed by atoms with E-state index in [-0.39, 0.29) is 31.2 Å². The maximum absolute atomic E-state index is 12.6. The van der Waals surface area contributed by atoms with Crippen molar-refractivity contribution < 1.29 is 42.6 Å². The zero-order valence-corrected chi connectivity index (χ0v) is 24.5. The zero-order valence-electron chi connectivity index (χ0n) is 23.6. The highest BCUT2D eigenvalue weighted by molar-refractivity contribution is 7.47. The molecule has 42 heavy (non-hydrogen) atoms. The van der Waals surface area contributed by atoms with E-state index in [4.69, 9.17) is 34.5 Å². The summed E-state index contributed by atoms with van der Waals surface area (Å²) in [6.07, 6.45) is 4.26. The van der Waals surface area contributed by atoms with Crippen LogP contribution in [-0.2, 0) is 32.6 Å². The summed E-state index contributed by atoms with van der Waals surface area (Å²) >= 11 is 0. The van der Waals surface area contributed by atoms with Gasteiger partial charge in [-0.1, -0.05) is 11.5 Å². The Balaban J connectivity index is 1.34. The second-order valence-electron chi connectivity index (χ2n) is 9.80. The predicted molar refractivity (Wildman–Crippen MR) is 149 cm³/mol. The van der Waals surface area contributed by atoms with Crippen LogP contribution in [-0.4, -0.2) is 93.7 Å². The minimum atomic E-state index is -4.57. The molecule has 234 valence electrons. The number of rotatable bonds is 21. The molecule has 0 amide bonds. The molecule has 2 unspecified atom stereocenters. The van der Waals surface area contributed by atoms with Crippen LogP contribution in [0.3, 0.4) is 0 Å². The number of aliphatic hydroxyl groups excluding tert-OH is 1. The lowest BCUT2D eigenvalue weighted by Crippen LogP contribution is -2.29. The Morgan fingerprint density at radius 2 is 2.05 bits per heavy atom. The van der Waals surface area contributed by atoms with Gasteiger partial charge in [-0.2, -0.15) is 0 Å². The van der Waals surface area contributed by atoms with Crippen LogP contribution in [0.1, 0.15) is 57.6 Å². The number of aromatic nitrogens is 4. The molecule has 0 aliphatic carbocycles. The molecule has 0 saturated carbocycles. The Bertz CT molecular complexity index is 1230. The Morgan fingerprint density at radius 1 is 1.26 bits per heavy atom. The van der Waals surface area contributed by atoms with E-state index >= 15 is 0 Å². The molecule has 0 bridgehead atoms. The molecule has 2 aromatic rings. The maximum Gasteiger partial charge on any atom is 0.472 e. The highest BCUT2D eigenvalue weighted by Gasteiger charge is 2.42. The number of phosphoric ester groups is 1. The van der Waals surface area contributed by atoms with Crippen molar-refractivity contribution in [2.75, 3.05) is 45.8 Å². The van der Waals surface area contributed by atoms with Crippen LogP contribution in [0.15, 0.2) is 17.8 Å². The van der Waals surface area contributed by atoms with Gasteiger partial charge < -0.3 is 29.9 Å². The maximum atomic E-state index is 12.6. The summed E-state index contributed by atoms with van der Waals surface area (Å²) in [6.45, 7) is 0.262. The number of carbonyl (C=O) groups is 1. The molecular formula is C24H39N8O9P. The van der Waals surface area contributed by atoms with E-state index in [9.17, 15) is 19.4 Å². The van der Waals surface area contributed by atoms with Crippen molar-refractivity contribution in [2.45, 2.75) is 75.9 Å². The summed E-state index contributed by atoms with van der Waals surface area (Å²) in [5.74, 6) is 0.390. The number of ketones is 1. The number of hydrogen-bond acceptors (Lipinski definition) is 13. The molecule has 2 aromatic heterocycles. The molecule has 1 fully saturated rings. The standard InChI is InChI=1S/C24H39N8O9P/c1-37-14-20-19(11-21(40-20)32-16-29-22-23(25)27-15-28-24(22)32)41-42(35,36)39-13-18(34)12-38-10-6-4-8-17(33)7-3-2-5-9-30-31-26/h15-16,18-21,34H,2-14H2,1H3,(H,35,36)(H2,25,27,28)/t18?,19-,20-,21-/m1/s1. The number of Topliss-reactive ketones (excluding diaryl/α,β-unsaturated/α-hetero) is 1. The van der Waals surface area contributed by atoms with Crippen LogP contribution >= 0.6 is 7.82 Å². The zero-order chi connectivity index (χ0) is 30.4. The fourth-order valence-electron chi connectivity index (χ4n) is 4.40. The van der Waals surface area contributed by atoms with E-state index < -0.39 is 39.0 Å². The molecule has 1 aliphatic rings. The van der Waals surface area contributed by atoms with Gasteiger partial charge in [-0.25, -0.2) is 19.5 Å². The molecule has 4 N–H and O–H groups in total. The molecule has 0 spiro atoms. The number of nitrogens with zero attached hydrogens (tertiary/aromatic N) is 7. The fraction of sp³-hybridized carbons (Fsp3) is 0.750. The Labute approximate surface area is 242 Å². The summed E-state index contributed by atoms with van der Waals surface area (Å²) in [4.78, 5) is 37.2. The number of methoxy groups -OCH3 is 1. The monoisotopic (exact) mass is 614 g/mol. The molecule has 17 nitrogen and oxygen atoms in total. The van der Waals surface area contributed by atoms with Crippen LogP contribution in [0.5, 0.6) is 0 Å². The number of aliphatic hydroxyl groups is 1. The van der Waals surface area contributed by atoms with Gasteiger partial charge in [0, 0.05) is 44.4 Å². The lowest BCUT2D eigenvalue weighted by atomic mass is 10.1. The van der Waals surface area contributed by atoms with E-state index in [2.05, 4.69) is 25.0 Å². The van der Waals surface area contributed by atoms with Crippen molar-refractivity contribution in [1.82, 2.24) is 19.5 Å². The molecule has 3 rings (SSSR count). The first-order valence-corrected chi connectivity index (χ1v) is 15.2. The first-order valence-electron chi connectivity index (χ1n) is 13.8.